The van der Waals surface area contributed by atoms with Gasteiger partial charge in [0.2, 0.25) is 0 Å². The molecule has 2 saturated heterocycles. The van der Waals surface area contributed by atoms with Gasteiger partial charge in [-0.05, 0) is 91.0 Å². The van der Waals surface area contributed by atoms with Crippen molar-refractivity contribution in [3.63, 3.8) is 0 Å². The fourth-order valence-corrected chi connectivity index (χ4v) is 5.20. The van der Waals surface area contributed by atoms with E-state index in [0.29, 0.717) is 51.1 Å². The van der Waals surface area contributed by atoms with Gasteiger partial charge in [-0.1, -0.05) is 6.07 Å². The number of benzene rings is 1. The maximum absolute atomic E-state index is 13.5. The van der Waals surface area contributed by atoms with Crippen molar-refractivity contribution in [3.05, 3.63) is 29.3 Å². The quantitative estimate of drug-likeness (QED) is 0.521. The van der Waals surface area contributed by atoms with Gasteiger partial charge in [0.1, 0.15) is 11.7 Å². The third kappa shape index (κ3) is 7.30. The summed E-state index contributed by atoms with van der Waals surface area (Å²) in [6.45, 7) is 11.3. The normalized spacial score (nSPS) is 18.8. The van der Waals surface area contributed by atoms with Crippen molar-refractivity contribution in [3.8, 4) is 0 Å². The van der Waals surface area contributed by atoms with Gasteiger partial charge in [-0.2, -0.15) is 13.2 Å². The van der Waals surface area contributed by atoms with Gasteiger partial charge in [0.05, 0.1) is 11.0 Å². The summed E-state index contributed by atoms with van der Waals surface area (Å²) in [5.74, 6) is -0.354. The smallest absolute Gasteiger partial charge is 0.416 e. The van der Waals surface area contributed by atoms with Crippen molar-refractivity contribution >= 4 is 17.7 Å². The van der Waals surface area contributed by atoms with E-state index >= 15 is 0 Å². The summed E-state index contributed by atoms with van der Waals surface area (Å²) in [5, 5.41) is 14.4. The molecule has 10 heteroatoms. The van der Waals surface area contributed by atoms with Crippen LogP contribution in [0.1, 0.15) is 77.8 Å². The standard InChI is InChI=1S/C27H40F3N3O4/c1-24(2,3)37-22(34)25(4,5)10-13-31-21-17-20(27(28,29)30)8-7-19(21)18-33-14-6-9-26(33)11-15-32(16-12-26)23(35)36/h7-8,17,31H,6,9-16,18H2,1-5H3,(H,35,36)/p-1. The minimum atomic E-state index is -4.47. The maximum Gasteiger partial charge on any atom is 0.416 e. The Labute approximate surface area is 217 Å². The van der Waals surface area contributed by atoms with Crippen LogP contribution in [0.15, 0.2) is 18.2 Å². The molecule has 2 heterocycles. The molecule has 1 amide bonds. The number of esters is 1. The number of alkyl halides is 3. The predicted molar refractivity (Wildman–Crippen MR) is 133 cm³/mol. The first-order valence-corrected chi connectivity index (χ1v) is 12.9. The van der Waals surface area contributed by atoms with Crippen LogP contribution in [0, 0.1) is 5.41 Å². The topological polar surface area (TPSA) is 84.9 Å². The maximum atomic E-state index is 13.5. The Morgan fingerprint density at radius 3 is 2.27 bits per heavy atom. The van der Waals surface area contributed by atoms with Gasteiger partial charge >= 0.3 is 12.1 Å². The van der Waals surface area contributed by atoms with Crippen LogP contribution in [-0.2, 0) is 22.3 Å². The van der Waals surface area contributed by atoms with Crippen molar-refractivity contribution < 1.29 is 32.6 Å². The summed E-state index contributed by atoms with van der Waals surface area (Å²) in [4.78, 5) is 27.4. The zero-order valence-corrected chi connectivity index (χ0v) is 22.5. The van der Waals surface area contributed by atoms with E-state index in [4.69, 9.17) is 4.74 Å². The van der Waals surface area contributed by atoms with E-state index < -0.39 is 28.8 Å². The molecular formula is C27H39F3N3O4-. The Hall–Kier alpha value is -2.49. The lowest BCUT2D eigenvalue weighted by atomic mass is 9.84. The molecule has 0 radical (unpaired) electrons. The van der Waals surface area contributed by atoms with Gasteiger partial charge in [-0.25, -0.2) is 0 Å². The summed E-state index contributed by atoms with van der Waals surface area (Å²) in [6, 6.07) is 3.76. The number of piperidine rings is 1. The molecule has 0 saturated carbocycles. The minimum absolute atomic E-state index is 0.162. The number of carbonyl (C=O) groups excluding carboxylic acids is 2. The first-order valence-electron chi connectivity index (χ1n) is 12.9. The first-order chi connectivity index (χ1) is 17.0. The van der Waals surface area contributed by atoms with Crippen molar-refractivity contribution in [2.24, 2.45) is 5.41 Å². The number of likely N-dealkylation sites (tertiary alicyclic amines) is 2. The lowest BCUT2D eigenvalue weighted by Crippen LogP contribution is -2.55. The SMILES string of the molecule is CC(C)(C)OC(=O)C(C)(C)CCNc1cc(C(F)(F)F)ccc1CN1CCCC12CCN(C(=O)[O-])CC2. The minimum Gasteiger partial charge on any atom is -0.530 e. The van der Waals surface area contributed by atoms with Crippen LogP contribution < -0.4 is 10.4 Å². The summed E-state index contributed by atoms with van der Waals surface area (Å²) in [6.07, 6.45) is -2.02. The molecule has 7 nitrogen and oxygen atoms in total. The lowest BCUT2D eigenvalue weighted by Gasteiger charge is -2.46. The van der Waals surface area contributed by atoms with E-state index in [-0.39, 0.29) is 11.5 Å². The summed E-state index contributed by atoms with van der Waals surface area (Å²) in [5.41, 5.74) is -1.20. The number of halogens is 3. The molecule has 2 aliphatic heterocycles. The van der Waals surface area contributed by atoms with Gasteiger partial charge in [-0.15, -0.1) is 0 Å². The molecule has 0 bridgehead atoms. The van der Waals surface area contributed by atoms with Crippen LogP contribution in [0.2, 0.25) is 0 Å². The molecule has 208 valence electrons. The Morgan fingerprint density at radius 2 is 1.70 bits per heavy atom. The van der Waals surface area contributed by atoms with E-state index in [9.17, 15) is 27.9 Å². The van der Waals surface area contributed by atoms with Crippen LogP contribution in [0.4, 0.5) is 23.7 Å². The fraction of sp³-hybridized carbons (Fsp3) is 0.704. The molecular weight excluding hydrogens is 487 g/mol. The summed E-state index contributed by atoms with van der Waals surface area (Å²) in [7, 11) is 0. The molecule has 37 heavy (non-hydrogen) atoms. The Kier molecular flexibility index (Phi) is 8.41. The van der Waals surface area contributed by atoms with Gasteiger partial charge in [-0.3, -0.25) is 9.69 Å². The van der Waals surface area contributed by atoms with Crippen LogP contribution in [0.3, 0.4) is 0 Å². The largest absolute Gasteiger partial charge is 0.530 e. The van der Waals surface area contributed by atoms with Crippen molar-refractivity contribution in [1.82, 2.24) is 9.80 Å². The molecule has 0 aromatic heterocycles. The molecule has 0 aliphatic carbocycles. The molecule has 2 aliphatic rings. The molecule has 0 unspecified atom stereocenters. The van der Waals surface area contributed by atoms with Crippen LogP contribution in [-0.4, -0.2) is 59.2 Å². The first kappa shape index (κ1) is 29.1. The van der Waals surface area contributed by atoms with Crippen LogP contribution in [0.25, 0.3) is 0 Å². The van der Waals surface area contributed by atoms with Crippen molar-refractivity contribution in [2.45, 2.75) is 90.6 Å². The Balaban J connectivity index is 1.75. The number of nitrogens with one attached hydrogen (secondary N) is 1. The highest BCUT2D eigenvalue weighted by Crippen LogP contribution is 2.41. The zero-order chi connectivity index (χ0) is 27.6. The third-order valence-electron chi connectivity index (χ3n) is 7.51. The lowest BCUT2D eigenvalue weighted by molar-refractivity contribution is -0.267. The van der Waals surface area contributed by atoms with Crippen molar-refractivity contribution in [2.75, 3.05) is 31.5 Å². The highest BCUT2D eigenvalue weighted by atomic mass is 19.4. The number of rotatable bonds is 7. The van der Waals surface area contributed by atoms with Crippen LogP contribution in [0.5, 0.6) is 0 Å². The van der Waals surface area contributed by atoms with Gasteiger partial charge < -0.3 is 24.9 Å². The van der Waals surface area contributed by atoms with E-state index in [1.165, 1.54) is 11.0 Å². The average Bonchev–Trinajstić information content (AvgIpc) is 3.14. The highest BCUT2D eigenvalue weighted by molar-refractivity contribution is 5.76. The second-order valence-electron chi connectivity index (χ2n) is 11.9. The fourth-order valence-electron chi connectivity index (χ4n) is 5.20. The summed E-state index contributed by atoms with van der Waals surface area (Å²) >= 11 is 0. The number of amides is 1. The van der Waals surface area contributed by atoms with Crippen molar-refractivity contribution in [1.29, 1.82) is 0 Å². The number of carbonyl (C=O) groups is 2. The molecule has 1 aromatic carbocycles. The second-order valence-corrected chi connectivity index (χ2v) is 11.9. The van der Waals surface area contributed by atoms with E-state index in [0.717, 1.165) is 37.1 Å². The number of hydrogen-bond donors (Lipinski definition) is 1. The van der Waals surface area contributed by atoms with Gasteiger partial charge in [0, 0.05) is 37.4 Å². The highest BCUT2D eigenvalue weighted by Gasteiger charge is 2.43. The van der Waals surface area contributed by atoms with Gasteiger partial charge in [0.15, 0.2) is 0 Å². The van der Waals surface area contributed by atoms with Gasteiger partial charge in [0.25, 0.3) is 0 Å². The predicted octanol–water partition coefficient (Wildman–Crippen LogP) is 4.65. The number of carboxylic acid groups (broad SMARTS) is 1. The van der Waals surface area contributed by atoms with E-state index in [1.807, 2.05) is 0 Å². The van der Waals surface area contributed by atoms with E-state index in [2.05, 4.69) is 10.2 Å². The monoisotopic (exact) mass is 526 g/mol. The van der Waals surface area contributed by atoms with Crippen LogP contribution >= 0.6 is 0 Å². The Bertz CT molecular complexity index is 980. The molecule has 2 fully saturated rings. The Morgan fingerprint density at radius 1 is 1.05 bits per heavy atom. The molecule has 1 N–H and O–H groups in total. The zero-order valence-electron chi connectivity index (χ0n) is 22.5. The molecule has 0 atom stereocenters. The number of hydrogen-bond acceptors (Lipinski definition) is 6. The van der Waals surface area contributed by atoms with E-state index in [1.54, 1.807) is 34.6 Å². The molecule has 1 spiro atoms. The number of anilines is 1. The summed E-state index contributed by atoms with van der Waals surface area (Å²) < 4.78 is 46.0. The third-order valence-corrected chi connectivity index (χ3v) is 7.51. The number of nitrogens with zero attached hydrogens (tertiary/aromatic N) is 2. The second kappa shape index (κ2) is 10.7. The average molecular weight is 527 g/mol. The molecule has 3 rings (SSSR count). The molecule has 1 aromatic rings. The number of ether oxygens (including phenoxy) is 1.